The number of aromatic nitrogens is 4. The van der Waals surface area contributed by atoms with Crippen molar-refractivity contribution in [3.8, 4) is 6.07 Å². The van der Waals surface area contributed by atoms with E-state index in [0.29, 0.717) is 4.68 Å². The van der Waals surface area contributed by atoms with E-state index in [1.807, 2.05) is 33.8 Å². The molecule has 0 spiro atoms. The van der Waals surface area contributed by atoms with E-state index in [9.17, 15) is 43.9 Å². The number of rotatable bonds is 6. The van der Waals surface area contributed by atoms with E-state index in [4.69, 9.17) is 33.9 Å². The van der Waals surface area contributed by atoms with Crippen molar-refractivity contribution in [2.75, 3.05) is 0 Å². The molecule has 2 fully saturated rings. The molecule has 0 amide bonds. The van der Waals surface area contributed by atoms with Crippen LogP contribution < -0.4 is 75.6 Å². The zero-order chi connectivity index (χ0) is 41.2. The summed E-state index contributed by atoms with van der Waals surface area (Å²) in [7, 11) is -1.24. The monoisotopic (exact) mass is 817 g/mol. The predicted molar refractivity (Wildman–Crippen MR) is 164 cm³/mol. The third-order valence-corrected chi connectivity index (χ3v) is 7.86. The summed E-state index contributed by atoms with van der Waals surface area (Å²) in [5, 5.41) is 26.2. The van der Waals surface area contributed by atoms with Crippen LogP contribution in [0.3, 0.4) is 0 Å². The molecule has 54 heavy (non-hydrogen) atoms. The number of halogens is 10. The number of alkyl halides is 10. The molecule has 0 aliphatic carbocycles. The maximum atomic E-state index is 13.0. The average molecular weight is 817 g/mol. The summed E-state index contributed by atoms with van der Waals surface area (Å²) in [6.07, 6.45) is -9.47. The van der Waals surface area contributed by atoms with Gasteiger partial charge in [-0.1, -0.05) is 6.92 Å². The minimum absolute atomic E-state index is 0. The summed E-state index contributed by atoms with van der Waals surface area (Å²) >= 11 is 0. The molecule has 2 aliphatic rings. The Kier molecular flexibility index (Phi) is 23.1. The quantitative estimate of drug-likeness (QED) is 0.123. The molecule has 2 aromatic rings. The van der Waals surface area contributed by atoms with E-state index in [2.05, 4.69) is 20.2 Å². The van der Waals surface area contributed by atoms with Crippen LogP contribution in [0.1, 0.15) is 77.1 Å². The minimum Gasteiger partial charge on any atom is -1.00 e. The van der Waals surface area contributed by atoms with Crippen LogP contribution in [0.5, 0.6) is 0 Å². The topological polar surface area (TPSA) is 157 Å². The molecular weight excluding hydrogens is 776 g/mol. The van der Waals surface area contributed by atoms with E-state index in [1.54, 1.807) is 40.0 Å². The van der Waals surface area contributed by atoms with Crippen LogP contribution in [0.25, 0.3) is 0 Å². The molecule has 12 nitrogen and oxygen atoms in total. The molecule has 26 heteroatoms. The molecule has 1 N–H and O–H groups in total. The summed E-state index contributed by atoms with van der Waals surface area (Å²) in [6, 6.07) is 4.91. The second-order valence-electron chi connectivity index (χ2n) is 12.8. The number of nitrogens with one attached hydrogen (secondary N) is 1. The van der Waals surface area contributed by atoms with E-state index in [1.165, 1.54) is 13.0 Å². The molecule has 0 radical (unpaired) electrons. The van der Waals surface area contributed by atoms with Gasteiger partial charge in [0.1, 0.15) is 6.54 Å². The Morgan fingerprint density at radius 3 is 1.50 bits per heavy atom. The molecule has 0 aromatic carbocycles. The van der Waals surface area contributed by atoms with Gasteiger partial charge < -0.3 is 30.2 Å². The van der Waals surface area contributed by atoms with Gasteiger partial charge in [-0.05, 0) is 67.5 Å². The van der Waals surface area contributed by atoms with Crippen LogP contribution in [0.4, 0.5) is 43.9 Å². The average Bonchev–Trinajstić information content (AvgIpc) is 3.75. The Morgan fingerprint density at radius 2 is 1.22 bits per heavy atom. The predicted octanol–water partition coefficient (Wildman–Crippen LogP) is -1.23. The Bertz CT molecular complexity index is 1400. The number of H-pyrrole nitrogens is 1. The molecule has 4 rings (SSSR count). The largest absolute Gasteiger partial charge is 1.00 e. The third-order valence-electron chi connectivity index (χ3n) is 7.86. The van der Waals surface area contributed by atoms with E-state index >= 15 is 0 Å². The Morgan fingerprint density at radius 1 is 0.852 bits per heavy atom. The minimum atomic E-state index is -5.62. The van der Waals surface area contributed by atoms with Gasteiger partial charge in [0.25, 0.3) is 6.47 Å². The maximum Gasteiger partial charge on any atom is 1.00 e. The molecule has 2 aromatic heterocycles. The fraction of sp³-hybridized carbons (Fsp3) is 0.714. The number of nitriles is 1. The van der Waals surface area contributed by atoms with Crippen molar-refractivity contribution in [2.24, 2.45) is 0 Å². The molecular formula is C28H41B2F10N5Na2O7. The fourth-order valence-corrected chi connectivity index (χ4v) is 3.42. The van der Waals surface area contributed by atoms with Crippen molar-refractivity contribution in [3.05, 3.63) is 24.5 Å². The second-order valence-corrected chi connectivity index (χ2v) is 12.8. The first kappa shape index (κ1) is 56.9. The van der Waals surface area contributed by atoms with Crippen LogP contribution in [0, 0.1) is 11.3 Å². The van der Waals surface area contributed by atoms with Crippen molar-refractivity contribution in [1.29, 1.82) is 5.26 Å². The first-order chi connectivity index (χ1) is 23.3. The Hall–Kier alpha value is -1.39. The summed E-state index contributed by atoms with van der Waals surface area (Å²) in [5.74, 6) is -9.38. The molecule has 0 atom stereocenters. The third kappa shape index (κ3) is 16.2. The first-order valence-corrected chi connectivity index (χ1v) is 15.0. The number of carbonyl (C=O) groups excluding carboxylic acids is 1. The summed E-state index contributed by atoms with van der Waals surface area (Å²) in [4.78, 5) is 11.2. The zero-order valence-electron chi connectivity index (χ0n) is 32.9. The number of carbonyl (C=O) groups is 1. The van der Waals surface area contributed by atoms with E-state index in [-0.39, 0.29) is 90.9 Å². The summed E-state index contributed by atoms with van der Waals surface area (Å²) in [5.41, 5.74) is -0.874. The van der Waals surface area contributed by atoms with E-state index < -0.39 is 55.5 Å². The molecule has 0 bridgehead atoms. The van der Waals surface area contributed by atoms with Gasteiger partial charge in [0, 0.05) is 25.7 Å². The number of hydrogen-bond donors (Lipinski definition) is 1. The maximum absolute atomic E-state index is 13.0. The van der Waals surface area contributed by atoms with Crippen molar-refractivity contribution in [3.63, 3.8) is 0 Å². The standard InChI is InChI=1S/C12H16BF5N2O2.C9H15BN2O2.C4H5F5.C2H3N.CH2O3.2Na.H/c1-9(2)10(3,4)22-13(21-9)8-5-6-20(19-8)7-11(14,15)12(16,17)18;1-8(2)9(3,4)14-10(13-8)7-5-6-11-12-7;1-2-3(5,6)4(7,8)9;1-2-3;2-1-4-3;;;/h5-6H,7H2,1-4H3;5-6H,1-4H3,(H,11,12);2H2,1H3;1H3;1,3H;;;/q;;;;;2*+1;-1/p-1. The normalized spacial score (nSPS) is 17.9. The van der Waals surface area contributed by atoms with Gasteiger partial charge in [-0.3, -0.25) is 14.6 Å². The van der Waals surface area contributed by atoms with Gasteiger partial charge in [-0.25, -0.2) is 0 Å². The van der Waals surface area contributed by atoms with Crippen LogP contribution in [-0.4, -0.2) is 87.3 Å². The van der Waals surface area contributed by atoms with Crippen molar-refractivity contribution >= 4 is 31.9 Å². The Labute approximate surface area is 352 Å². The van der Waals surface area contributed by atoms with Gasteiger partial charge in [0.05, 0.1) is 39.7 Å². The van der Waals surface area contributed by atoms with Crippen LogP contribution >= 0.6 is 0 Å². The van der Waals surface area contributed by atoms with Crippen molar-refractivity contribution in [2.45, 2.75) is 129 Å². The van der Waals surface area contributed by atoms with Crippen molar-refractivity contribution < 1.29 is 138 Å². The zero-order valence-corrected chi connectivity index (χ0v) is 35.9. The van der Waals surface area contributed by atoms with Gasteiger partial charge in [0.15, 0.2) is 0 Å². The Balaban J connectivity index is -0.000000340. The number of hydrogen-bond acceptors (Lipinski definition) is 10. The molecule has 4 heterocycles. The smallest absolute Gasteiger partial charge is 1.00 e. The molecule has 2 saturated heterocycles. The molecule has 298 valence electrons. The fourth-order valence-electron chi connectivity index (χ4n) is 3.42. The number of nitrogens with zero attached hydrogens (tertiary/aromatic N) is 4. The van der Waals surface area contributed by atoms with Gasteiger partial charge in [-0.2, -0.15) is 59.4 Å². The SMILES string of the molecule is CC#N.CC1(C)OB(c2ccn(CC(F)(F)C(F)(F)F)n2)OC1(C)C.CC1(C)OB(c2ccn[nH]2)OC1(C)C.CCC(F)(F)C(F)(F)F.O=CO[O-].[H-].[Na+].[Na+]. The number of aromatic amines is 1. The summed E-state index contributed by atoms with van der Waals surface area (Å²) in [6.45, 7) is 15.7. The van der Waals surface area contributed by atoms with Crippen LogP contribution in [0.2, 0.25) is 0 Å². The first-order valence-electron chi connectivity index (χ1n) is 15.0. The van der Waals surface area contributed by atoms with E-state index in [0.717, 1.165) is 18.7 Å². The second kappa shape index (κ2) is 21.9. The van der Waals surface area contributed by atoms with Gasteiger partial charge in [-0.15, -0.1) is 0 Å². The van der Waals surface area contributed by atoms with Crippen molar-refractivity contribution in [1.82, 2.24) is 20.0 Å². The van der Waals surface area contributed by atoms with Gasteiger partial charge in [0.2, 0.25) is 0 Å². The summed E-state index contributed by atoms with van der Waals surface area (Å²) < 4.78 is 142. The van der Waals surface area contributed by atoms with Crippen LogP contribution in [-0.2, 0) is 34.8 Å². The van der Waals surface area contributed by atoms with Gasteiger partial charge >= 0.3 is 97.5 Å². The molecule has 2 aliphatic heterocycles. The molecule has 0 saturated carbocycles. The van der Waals surface area contributed by atoms with Crippen LogP contribution in [0.15, 0.2) is 24.5 Å². The molecule has 0 unspecified atom stereocenters.